The Morgan fingerprint density at radius 2 is 1.60 bits per heavy atom. The molecular weight excluding hydrogens is 552 g/mol. The van der Waals surface area contributed by atoms with Gasteiger partial charge in [0.1, 0.15) is 29.2 Å². The number of rotatable bonds is 6. The topological polar surface area (TPSA) is 144 Å². The van der Waals surface area contributed by atoms with E-state index in [4.69, 9.17) is 9.47 Å². The van der Waals surface area contributed by atoms with Crippen LogP contribution in [0.3, 0.4) is 0 Å². The van der Waals surface area contributed by atoms with Gasteiger partial charge in [0, 0.05) is 42.4 Å². The number of ketones is 3. The van der Waals surface area contributed by atoms with Gasteiger partial charge in [-0.3, -0.25) is 24.0 Å². The predicted octanol–water partition coefficient (Wildman–Crippen LogP) is 4.07. The van der Waals surface area contributed by atoms with Crippen molar-refractivity contribution in [3.8, 4) is 0 Å². The van der Waals surface area contributed by atoms with Crippen molar-refractivity contribution in [2.75, 3.05) is 0 Å². The first-order valence-corrected chi connectivity index (χ1v) is 15.3. The number of aliphatic hydroxyl groups is 2. The lowest BCUT2D eigenvalue weighted by atomic mass is 9.40. The van der Waals surface area contributed by atoms with Gasteiger partial charge in [-0.2, -0.15) is 0 Å². The Bertz CT molecular complexity index is 1320. The molecule has 43 heavy (non-hydrogen) atoms. The Hall–Kier alpha value is -2.65. The van der Waals surface area contributed by atoms with Crippen LogP contribution in [0.25, 0.3) is 0 Å². The Morgan fingerprint density at radius 1 is 1.00 bits per heavy atom. The highest BCUT2D eigenvalue weighted by Crippen LogP contribution is 2.72. The van der Waals surface area contributed by atoms with Gasteiger partial charge in [0.2, 0.25) is 0 Å². The molecule has 4 aliphatic carbocycles. The normalized spacial score (nSPS) is 40.1. The zero-order chi connectivity index (χ0) is 32.7. The van der Waals surface area contributed by atoms with E-state index in [1.54, 1.807) is 20.8 Å². The number of allylic oxidation sites excluding steroid dienone is 2. The molecule has 0 aromatic rings. The highest BCUT2D eigenvalue weighted by Gasteiger charge is 2.74. The minimum Gasteiger partial charge on any atom is -0.462 e. The fraction of sp³-hybridized carbons (Fsp3) is 0.735. The Labute approximate surface area is 254 Å². The third-order valence-electron chi connectivity index (χ3n) is 11.8. The molecule has 0 spiro atoms. The average molecular weight is 601 g/mol. The summed E-state index contributed by atoms with van der Waals surface area (Å²) in [5.41, 5.74) is -5.72. The van der Waals surface area contributed by atoms with Crippen molar-refractivity contribution in [2.45, 2.75) is 118 Å². The Morgan fingerprint density at radius 3 is 2.16 bits per heavy atom. The maximum atomic E-state index is 14.5. The summed E-state index contributed by atoms with van der Waals surface area (Å²) in [6, 6.07) is 0. The maximum absolute atomic E-state index is 14.5. The number of fused-ring (bicyclic) bond motifs is 5. The molecule has 0 saturated heterocycles. The third-order valence-corrected chi connectivity index (χ3v) is 11.8. The number of Topliss-reactive ketones (excluding diaryl/α,β-unsaturated/α-hetero) is 2. The fourth-order valence-corrected chi connectivity index (χ4v) is 9.71. The van der Waals surface area contributed by atoms with Crippen LogP contribution >= 0.6 is 0 Å². The van der Waals surface area contributed by atoms with Gasteiger partial charge in [-0.25, -0.2) is 0 Å². The summed E-state index contributed by atoms with van der Waals surface area (Å²) in [6.45, 7) is 16.6. The number of carbonyl (C=O) groups is 5. The van der Waals surface area contributed by atoms with Crippen molar-refractivity contribution in [2.24, 2.45) is 39.4 Å². The van der Waals surface area contributed by atoms with Crippen molar-refractivity contribution in [3.05, 3.63) is 23.8 Å². The smallest absolute Gasteiger partial charge is 0.303 e. The molecule has 0 amide bonds. The highest BCUT2D eigenvalue weighted by molar-refractivity contribution is 5.99. The van der Waals surface area contributed by atoms with Crippen molar-refractivity contribution in [1.29, 1.82) is 0 Å². The molecule has 2 N–H and O–H groups in total. The van der Waals surface area contributed by atoms with Crippen LogP contribution in [0.1, 0.15) is 94.9 Å². The molecule has 0 aromatic carbocycles. The van der Waals surface area contributed by atoms with E-state index in [-0.39, 0.29) is 42.7 Å². The molecule has 0 aromatic heterocycles. The standard InChI is InChI=1S/C34H48O9/c1-18(35)42-23-17-32(8)20-11-12-24-30(5,6)28(40)22(37)16-31(24,7)21(20)15-26(39)33(32,9)27(23)34(10,41)25(38)13-14-29(3,4)43-19(2)36/h11,13-14,21-24,27,37,41H,12,15-17H2,1-10H3/t21-,22+,23-,24-,27-,31+,32-,33+,34-/m1/s1. The monoisotopic (exact) mass is 600 g/mol. The first-order valence-electron chi connectivity index (χ1n) is 15.3. The van der Waals surface area contributed by atoms with Gasteiger partial charge >= 0.3 is 11.9 Å². The van der Waals surface area contributed by atoms with E-state index in [0.29, 0.717) is 6.42 Å². The highest BCUT2D eigenvalue weighted by atomic mass is 16.6. The largest absolute Gasteiger partial charge is 0.462 e. The van der Waals surface area contributed by atoms with Crippen LogP contribution in [0.15, 0.2) is 23.8 Å². The molecule has 3 saturated carbocycles. The molecule has 9 heteroatoms. The third kappa shape index (κ3) is 4.85. The molecule has 3 fully saturated rings. The van der Waals surface area contributed by atoms with Crippen molar-refractivity contribution in [3.63, 3.8) is 0 Å². The van der Waals surface area contributed by atoms with Gasteiger partial charge in [0.05, 0.1) is 0 Å². The minimum absolute atomic E-state index is 0.0812. The zero-order valence-corrected chi connectivity index (χ0v) is 27.2. The van der Waals surface area contributed by atoms with E-state index in [1.807, 2.05) is 20.8 Å². The predicted molar refractivity (Wildman–Crippen MR) is 157 cm³/mol. The molecule has 4 rings (SSSR count). The van der Waals surface area contributed by atoms with E-state index in [1.165, 1.54) is 26.8 Å². The van der Waals surface area contributed by atoms with E-state index >= 15 is 0 Å². The van der Waals surface area contributed by atoms with Crippen molar-refractivity contribution >= 4 is 29.3 Å². The molecule has 0 unspecified atom stereocenters. The van der Waals surface area contributed by atoms with Gasteiger partial charge in [0.15, 0.2) is 11.6 Å². The quantitative estimate of drug-likeness (QED) is 0.262. The second-order valence-electron chi connectivity index (χ2n) is 15.3. The second-order valence-corrected chi connectivity index (χ2v) is 15.3. The first-order chi connectivity index (χ1) is 19.5. The minimum atomic E-state index is -2.12. The second kappa shape index (κ2) is 10.2. The lowest BCUT2D eigenvalue weighted by Crippen LogP contribution is -2.64. The number of carbonyl (C=O) groups excluding carboxylic acids is 5. The summed E-state index contributed by atoms with van der Waals surface area (Å²) in [6.07, 6.45) is 3.78. The Balaban J connectivity index is 1.82. The lowest BCUT2D eigenvalue weighted by Gasteiger charge is -2.62. The summed E-state index contributed by atoms with van der Waals surface area (Å²) < 4.78 is 11.0. The van der Waals surface area contributed by atoms with Crippen LogP contribution in [0.2, 0.25) is 0 Å². The summed E-state index contributed by atoms with van der Waals surface area (Å²) >= 11 is 0. The van der Waals surface area contributed by atoms with Gasteiger partial charge in [-0.05, 0) is 69.4 Å². The molecule has 9 nitrogen and oxygen atoms in total. The van der Waals surface area contributed by atoms with E-state index < -0.39 is 68.7 Å². The van der Waals surface area contributed by atoms with Crippen LogP contribution in [0.5, 0.6) is 0 Å². The summed E-state index contributed by atoms with van der Waals surface area (Å²) in [5, 5.41) is 22.9. The molecule has 0 heterocycles. The van der Waals surface area contributed by atoms with E-state index in [9.17, 15) is 34.2 Å². The molecule has 4 aliphatic rings. The number of hydrogen-bond donors (Lipinski definition) is 2. The molecular formula is C34H48O9. The number of aliphatic hydroxyl groups excluding tert-OH is 1. The van der Waals surface area contributed by atoms with Gasteiger partial charge < -0.3 is 19.7 Å². The van der Waals surface area contributed by atoms with Gasteiger partial charge in [-0.1, -0.05) is 46.3 Å². The molecule has 9 atom stereocenters. The molecule has 238 valence electrons. The van der Waals surface area contributed by atoms with Crippen LogP contribution in [0, 0.1) is 39.4 Å². The summed E-state index contributed by atoms with van der Waals surface area (Å²) in [4.78, 5) is 65.1. The number of hydrogen-bond acceptors (Lipinski definition) is 9. The number of ether oxygens (including phenoxy) is 2. The van der Waals surface area contributed by atoms with E-state index in [0.717, 1.165) is 11.6 Å². The fourth-order valence-electron chi connectivity index (χ4n) is 9.71. The first kappa shape index (κ1) is 33.2. The van der Waals surface area contributed by atoms with Gasteiger partial charge in [-0.15, -0.1) is 0 Å². The van der Waals surface area contributed by atoms with Crippen molar-refractivity contribution in [1.82, 2.24) is 0 Å². The maximum Gasteiger partial charge on any atom is 0.303 e. The van der Waals surface area contributed by atoms with E-state index in [2.05, 4.69) is 13.0 Å². The summed E-state index contributed by atoms with van der Waals surface area (Å²) in [7, 11) is 0. The van der Waals surface area contributed by atoms with Crippen LogP contribution in [-0.2, 0) is 33.4 Å². The molecule has 0 radical (unpaired) electrons. The van der Waals surface area contributed by atoms with Gasteiger partial charge in [0.25, 0.3) is 0 Å². The number of esters is 2. The van der Waals surface area contributed by atoms with Crippen LogP contribution in [0.4, 0.5) is 0 Å². The Kier molecular flexibility index (Phi) is 7.88. The van der Waals surface area contributed by atoms with Crippen LogP contribution in [-0.4, -0.2) is 62.9 Å². The summed E-state index contributed by atoms with van der Waals surface area (Å²) in [5.74, 6) is -3.56. The molecule has 0 aliphatic heterocycles. The van der Waals surface area contributed by atoms with Crippen LogP contribution < -0.4 is 0 Å². The lowest BCUT2D eigenvalue weighted by molar-refractivity contribution is -0.174. The van der Waals surface area contributed by atoms with Crippen molar-refractivity contribution < 1.29 is 43.7 Å². The zero-order valence-electron chi connectivity index (χ0n) is 27.2. The average Bonchev–Trinajstić information content (AvgIpc) is 3.09. The molecule has 0 bridgehead atoms. The SMILES string of the molecule is CC(=O)O[C@@H]1C[C@]2(C)C3=CC[C@@H]4C(C)(C)C(=O)[C@@H](O)C[C@@]4(C)[C@@H]3CC(=O)[C@@]2(C)[C@@H]1[C@](C)(O)C(=O)C=CC(C)(C)OC(C)=O.